The Balaban J connectivity index is 1.93. The fourth-order valence-electron chi connectivity index (χ4n) is 2.98. The number of aromatic nitrogens is 2. The first-order chi connectivity index (χ1) is 15.0. The maximum Gasteiger partial charge on any atom is 0.358 e. The first kappa shape index (κ1) is 23.0. The summed E-state index contributed by atoms with van der Waals surface area (Å²) in [4.78, 5) is 36.9. The van der Waals surface area contributed by atoms with Crippen molar-refractivity contribution >= 4 is 40.1 Å². The smallest absolute Gasteiger partial charge is 0.358 e. The number of amides is 1. The number of nitrogens with zero attached hydrogens (tertiary/aromatic N) is 3. The second-order valence-electron chi connectivity index (χ2n) is 6.63. The summed E-state index contributed by atoms with van der Waals surface area (Å²) in [5.74, 6) is 0.237. The van der Waals surface area contributed by atoms with Crippen molar-refractivity contribution < 1.29 is 14.3 Å². The fraction of sp³-hybridized carbons (Fsp3) is 0.304. The molecule has 0 unspecified atom stereocenters. The fourth-order valence-corrected chi connectivity index (χ4v) is 4.54. The summed E-state index contributed by atoms with van der Waals surface area (Å²) >= 11 is 2.91. The Bertz CT molecular complexity index is 1040. The van der Waals surface area contributed by atoms with Crippen LogP contribution in [0.4, 0.5) is 5.13 Å². The molecule has 0 aliphatic rings. The highest BCUT2D eigenvalue weighted by molar-refractivity contribution is 7.99. The molecule has 2 heterocycles. The number of rotatable bonds is 9. The molecule has 0 saturated carbocycles. The van der Waals surface area contributed by atoms with Gasteiger partial charge >= 0.3 is 5.97 Å². The van der Waals surface area contributed by atoms with Gasteiger partial charge in [0.2, 0.25) is 0 Å². The maximum atomic E-state index is 13.5. The van der Waals surface area contributed by atoms with E-state index in [1.54, 1.807) is 41.9 Å². The molecule has 3 aromatic rings. The molecule has 8 heteroatoms. The Morgan fingerprint density at radius 3 is 2.65 bits per heavy atom. The molecule has 162 valence electrons. The lowest BCUT2D eigenvalue weighted by molar-refractivity contribution is 0.0519. The van der Waals surface area contributed by atoms with Gasteiger partial charge in [-0.2, -0.15) is 0 Å². The molecule has 0 aliphatic carbocycles. The number of carbonyl (C=O) groups is 2. The predicted octanol–water partition coefficient (Wildman–Crippen LogP) is 5.02. The molecule has 3 rings (SSSR count). The van der Waals surface area contributed by atoms with Crippen LogP contribution >= 0.6 is 23.1 Å². The van der Waals surface area contributed by atoms with E-state index in [1.807, 2.05) is 44.2 Å². The summed E-state index contributed by atoms with van der Waals surface area (Å²) in [7, 11) is 0. The van der Waals surface area contributed by atoms with Crippen molar-refractivity contribution in [3.63, 3.8) is 0 Å². The van der Waals surface area contributed by atoms with Gasteiger partial charge < -0.3 is 4.74 Å². The van der Waals surface area contributed by atoms with Gasteiger partial charge in [0.1, 0.15) is 0 Å². The first-order valence-corrected chi connectivity index (χ1v) is 11.9. The highest BCUT2D eigenvalue weighted by atomic mass is 32.2. The molecule has 0 radical (unpaired) electrons. The van der Waals surface area contributed by atoms with Crippen LogP contribution in [0.2, 0.25) is 0 Å². The number of thiazole rings is 1. The van der Waals surface area contributed by atoms with Crippen LogP contribution in [0.15, 0.2) is 53.7 Å². The molecule has 0 atom stereocenters. The molecule has 6 nitrogen and oxygen atoms in total. The third-order valence-electron chi connectivity index (χ3n) is 4.47. The maximum absolute atomic E-state index is 13.5. The van der Waals surface area contributed by atoms with Crippen LogP contribution in [0.1, 0.15) is 45.1 Å². The number of benzene rings is 1. The van der Waals surface area contributed by atoms with E-state index in [-0.39, 0.29) is 18.2 Å². The van der Waals surface area contributed by atoms with Crippen molar-refractivity contribution in [1.29, 1.82) is 0 Å². The average Bonchev–Trinajstić information content (AvgIpc) is 3.16. The standard InChI is InChI=1S/C23H25N3O3S2/c1-4-29-22(28)20-16(3)31-23(25-20)26(14-12-17-9-7-6-8-10-17)21(27)18-11-13-24-19(15-18)30-5-2/h6-11,13,15H,4-5,12,14H2,1-3H3. The number of ether oxygens (including phenoxy) is 1. The number of hydrogen-bond acceptors (Lipinski definition) is 7. The Kier molecular flexibility index (Phi) is 8.20. The Hall–Kier alpha value is -2.71. The van der Waals surface area contributed by atoms with Crippen LogP contribution in [-0.4, -0.2) is 40.7 Å². The number of carbonyl (C=O) groups excluding carboxylic acids is 2. The third kappa shape index (κ3) is 5.92. The summed E-state index contributed by atoms with van der Waals surface area (Å²) in [6.07, 6.45) is 2.32. The number of thioether (sulfide) groups is 1. The average molecular weight is 456 g/mol. The zero-order valence-electron chi connectivity index (χ0n) is 17.8. The normalized spacial score (nSPS) is 10.7. The Morgan fingerprint density at radius 1 is 1.16 bits per heavy atom. The van der Waals surface area contributed by atoms with Crippen molar-refractivity contribution in [2.75, 3.05) is 23.8 Å². The van der Waals surface area contributed by atoms with E-state index in [2.05, 4.69) is 9.97 Å². The van der Waals surface area contributed by atoms with Crippen molar-refractivity contribution in [2.45, 2.75) is 32.2 Å². The zero-order chi connectivity index (χ0) is 22.2. The van der Waals surface area contributed by atoms with E-state index < -0.39 is 5.97 Å². The number of anilines is 1. The van der Waals surface area contributed by atoms with E-state index in [0.29, 0.717) is 23.7 Å². The molecule has 0 spiro atoms. The van der Waals surface area contributed by atoms with Crippen molar-refractivity contribution in [1.82, 2.24) is 9.97 Å². The second kappa shape index (κ2) is 11.1. The number of aryl methyl sites for hydroxylation is 1. The van der Waals surface area contributed by atoms with Crippen LogP contribution in [0.25, 0.3) is 0 Å². The van der Waals surface area contributed by atoms with E-state index in [0.717, 1.165) is 21.2 Å². The largest absolute Gasteiger partial charge is 0.461 e. The molecular formula is C23H25N3O3S2. The van der Waals surface area contributed by atoms with Crippen LogP contribution in [-0.2, 0) is 11.2 Å². The third-order valence-corrected chi connectivity index (χ3v) is 6.27. The monoisotopic (exact) mass is 455 g/mol. The molecule has 2 aromatic heterocycles. The highest BCUT2D eigenvalue weighted by Crippen LogP contribution is 2.28. The van der Waals surface area contributed by atoms with Gasteiger partial charge in [-0.3, -0.25) is 9.69 Å². The van der Waals surface area contributed by atoms with Gasteiger partial charge in [0, 0.05) is 23.2 Å². The Morgan fingerprint density at radius 2 is 1.94 bits per heavy atom. The second-order valence-corrected chi connectivity index (χ2v) is 9.10. The molecule has 0 aliphatic heterocycles. The van der Waals surface area contributed by atoms with E-state index in [1.165, 1.54) is 11.3 Å². The zero-order valence-corrected chi connectivity index (χ0v) is 19.5. The summed E-state index contributed by atoms with van der Waals surface area (Å²) in [5.41, 5.74) is 1.93. The van der Waals surface area contributed by atoms with Gasteiger partial charge in [0.15, 0.2) is 10.8 Å². The van der Waals surface area contributed by atoms with Gasteiger partial charge in [0.25, 0.3) is 5.91 Å². The molecular weight excluding hydrogens is 430 g/mol. The van der Waals surface area contributed by atoms with Crippen molar-refractivity contribution in [3.05, 3.63) is 70.4 Å². The summed E-state index contributed by atoms with van der Waals surface area (Å²) in [5, 5.41) is 1.29. The van der Waals surface area contributed by atoms with E-state index in [4.69, 9.17) is 4.74 Å². The summed E-state index contributed by atoms with van der Waals surface area (Å²) < 4.78 is 5.11. The number of pyridine rings is 1. The van der Waals surface area contributed by atoms with Gasteiger partial charge in [-0.05, 0) is 43.7 Å². The lowest BCUT2D eigenvalue weighted by Crippen LogP contribution is -2.33. The van der Waals surface area contributed by atoms with Crippen LogP contribution in [0.5, 0.6) is 0 Å². The lowest BCUT2D eigenvalue weighted by atomic mass is 10.1. The van der Waals surface area contributed by atoms with Gasteiger partial charge in [-0.15, -0.1) is 23.1 Å². The van der Waals surface area contributed by atoms with Crippen molar-refractivity contribution in [3.8, 4) is 0 Å². The minimum atomic E-state index is -0.469. The number of esters is 1. The quantitative estimate of drug-likeness (QED) is 0.333. The number of hydrogen-bond donors (Lipinski definition) is 0. The summed E-state index contributed by atoms with van der Waals surface area (Å²) in [6.45, 7) is 6.33. The SMILES string of the molecule is CCOC(=O)c1nc(N(CCc2ccccc2)C(=O)c2ccnc(SCC)c2)sc1C. The minimum absolute atomic E-state index is 0.166. The highest BCUT2D eigenvalue weighted by Gasteiger charge is 2.25. The lowest BCUT2D eigenvalue weighted by Gasteiger charge is -2.20. The van der Waals surface area contributed by atoms with E-state index in [9.17, 15) is 9.59 Å². The van der Waals surface area contributed by atoms with E-state index >= 15 is 0 Å². The molecule has 0 bridgehead atoms. The van der Waals surface area contributed by atoms with Crippen LogP contribution in [0, 0.1) is 6.92 Å². The molecule has 1 aromatic carbocycles. The predicted molar refractivity (Wildman–Crippen MR) is 125 cm³/mol. The molecule has 1 amide bonds. The molecule has 31 heavy (non-hydrogen) atoms. The van der Waals surface area contributed by atoms with Gasteiger partial charge in [-0.25, -0.2) is 14.8 Å². The van der Waals surface area contributed by atoms with Crippen LogP contribution in [0.3, 0.4) is 0 Å². The van der Waals surface area contributed by atoms with Gasteiger partial charge in [0.05, 0.1) is 11.6 Å². The molecule has 0 fully saturated rings. The molecule has 0 saturated heterocycles. The van der Waals surface area contributed by atoms with Crippen molar-refractivity contribution in [2.24, 2.45) is 0 Å². The van der Waals surface area contributed by atoms with Gasteiger partial charge in [-0.1, -0.05) is 37.3 Å². The minimum Gasteiger partial charge on any atom is -0.461 e. The summed E-state index contributed by atoms with van der Waals surface area (Å²) in [6, 6.07) is 13.5. The Labute approximate surface area is 190 Å². The first-order valence-electron chi connectivity index (χ1n) is 10.1. The topological polar surface area (TPSA) is 72.4 Å². The van der Waals surface area contributed by atoms with Crippen LogP contribution < -0.4 is 4.90 Å². The molecule has 0 N–H and O–H groups in total.